The first kappa shape index (κ1) is 21.4. The van der Waals surface area contributed by atoms with E-state index >= 15 is 0 Å². The van der Waals surface area contributed by atoms with Gasteiger partial charge >= 0.3 is 0 Å². The summed E-state index contributed by atoms with van der Waals surface area (Å²) in [6, 6.07) is 9.95. The molecule has 0 radical (unpaired) electrons. The Morgan fingerprint density at radius 3 is 2.74 bits per heavy atom. The number of fused-ring (bicyclic) bond motifs is 1. The molecule has 34 heavy (non-hydrogen) atoms. The summed E-state index contributed by atoms with van der Waals surface area (Å²) in [5, 5.41) is 32.0. The van der Waals surface area contributed by atoms with E-state index < -0.39 is 0 Å². The highest BCUT2D eigenvalue weighted by atomic mass is 16.5. The van der Waals surface area contributed by atoms with Crippen LogP contribution in [0.1, 0.15) is 48.9 Å². The van der Waals surface area contributed by atoms with Crippen LogP contribution in [0.4, 0.5) is 0 Å². The number of rotatable bonds is 5. The third-order valence-corrected chi connectivity index (χ3v) is 6.26. The van der Waals surface area contributed by atoms with Crippen LogP contribution in [0, 0.1) is 29.7 Å². The predicted molar refractivity (Wildman–Crippen MR) is 122 cm³/mol. The first-order chi connectivity index (χ1) is 16.6. The molecule has 0 spiro atoms. The van der Waals surface area contributed by atoms with Gasteiger partial charge < -0.3 is 9.64 Å². The van der Waals surface area contributed by atoms with Crippen molar-refractivity contribution in [1.82, 2.24) is 34.5 Å². The maximum Gasteiger partial charge on any atom is 0.179 e. The Morgan fingerprint density at radius 1 is 1.21 bits per heavy atom. The van der Waals surface area contributed by atoms with Crippen LogP contribution in [0.5, 0.6) is 5.75 Å². The van der Waals surface area contributed by atoms with Crippen molar-refractivity contribution in [2.24, 2.45) is 0 Å². The number of pyridine rings is 2. The topological polar surface area (TPSA) is 121 Å². The van der Waals surface area contributed by atoms with Crippen LogP contribution in [-0.4, -0.2) is 47.6 Å². The number of piperidine rings is 1. The molecule has 0 aliphatic carbocycles. The Hall–Kier alpha value is -4.44. The molecule has 1 fully saturated rings. The van der Waals surface area contributed by atoms with Crippen LogP contribution in [0.3, 0.4) is 0 Å². The minimum absolute atomic E-state index is 0.198. The van der Waals surface area contributed by atoms with Crippen molar-refractivity contribution in [2.75, 3.05) is 13.1 Å². The van der Waals surface area contributed by atoms with Crippen LogP contribution < -0.4 is 4.74 Å². The third kappa shape index (κ3) is 3.80. The summed E-state index contributed by atoms with van der Waals surface area (Å²) in [7, 11) is 0. The maximum atomic E-state index is 9.59. The van der Waals surface area contributed by atoms with Crippen LogP contribution >= 0.6 is 0 Å². The van der Waals surface area contributed by atoms with E-state index in [0.717, 1.165) is 48.6 Å². The van der Waals surface area contributed by atoms with Crippen LogP contribution in [-0.2, 0) is 0 Å². The average molecular weight is 454 g/mol. The number of aromatic nitrogens is 6. The molecule has 5 heterocycles. The maximum absolute atomic E-state index is 9.59. The van der Waals surface area contributed by atoms with Crippen molar-refractivity contribution >= 4 is 5.52 Å². The van der Waals surface area contributed by atoms with E-state index in [9.17, 15) is 5.26 Å². The SMILES string of the molecule is Cc1c(-c2cc(OC(C)c3ccccn3)c3c(C#N)cnn3c2)nnn1C1CCN(C#N)CC1. The van der Waals surface area contributed by atoms with Gasteiger partial charge in [0, 0.05) is 31.0 Å². The Morgan fingerprint density at radius 2 is 2.03 bits per heavy atom. The molecule has 10 nitrogen and oxygen atoms in total. The number of likely N-dealkylation sites (tertiary alicyclic amines) is 1. The summed E-state index contributed by atoms with van der Waals surface area (Å²) in [6.45, 7) is 5.35. The van der Waals surface area contributed by atoms with Crippen molar-refractivity contribution in [3.63, 3.8) is 0 Å². The second-order valence-corrected chi connectivity index (χ2v) is 8.36. The number of nitrogens with zero attached hydrogens (tertiary/aromatic N) is 9. The Balaban J connectivity index is 1.52. The number of ether oxygens (including phenoxy) is 1. The number of hydrogen-bond donors (Lipinski definition) is 0. The van der Waals surface area contributed by atoms with Crippen molar-refractivity contribution in [3.05, 3.63) is 59.8 Å². The van der Waals surface area contributed by atoms with Crippen molar-refractivity contribution in [1.29, 1.82) is 10.5 Å². The zero-order valence-corrected chi connectivity index (χ0v) is 19.0. The van der Waals surface area contributed by atoms with Gasteiger partial charge in [0.25, 0.3) is 0 Å². The number of nitriles is 2. The molecule has 1 atom stereocenters. The van der Waals surface area contributed by atoms with Crippen molar-refractivity contribution in [2.45, 2.75) is 38.8 Å². The zero-order valence-electron chi connectivity index (χ0n) is 19.0. The third-order valence-electron chi connectivity index (χ3n) is 6.26. The Bertz CT molecular complexity index is 1400. The van der Waals surface area contributed by atoms with E-state index in [1.165, 1.54) is 6.20 Å². The summed E-state index contributed by atoms with van der Waals surface area (Å²) in [5.41, 5.74) is 4.28. The van der Waals surface area contributed by atoms with E-state index in [0.29, 0.717) is 16.8 Å². The summed E-state index contributed by atoms with van der Waals surface area (Å²) in [4.78, 5) is 6.16. The molecule has 4 aromatic heterocycles. The van der Waals surface area contributed by atoms with Crippen molar-refractivity contribution in [3.8, 4) is 29.3 Å². The van der Waals surface area contributed by atoms with Gasteiger partial charge in [0.15, 0.2) is 6.19 Å². The summed E-state index contributed by atoms with van der Waals surface area (Å²) in [5.74, 6) is 0.529. The van der Waals surface area contributed by atoms with Gasteiger partial charge in [0.2, 0.25) is 0 Å². The van der Waals surface area contributed by atoms with E-state index in [1.807, 2.05) is 49.0 Å². The normalized spacial score (nSPS) is 15.1. The van der Waals surface area contributed by atoms with Gasteiger partial charge in [0.1, 0.15) is 34.7 Å². The highest BCUT2D eigenvalue weighted by Gasteiger charge is 2.25. The first-order valence-electron chi connectivity index (χ1n) is 11.1. The summed E-state index contributed by atoms with van der Waals surface area (Å²) >= 11 is 0. The standard InChI is InChI=1S/C24H23N9O/c1-16-23(29-30-33(16)20-6-9-31(15-26)10-7-20)18-11-22(24-19(12-25)13-28-32(24)14-18)34-17(2)21-5-3-4-8-27-21/h3-5,8,11,13-14,17,20H,6-7,9-10H2,1-2H3. The molecule has 4 aromatic rings. The van der Waals surface area contributed by atoms with Crippen molar-refractivity contribution < 1.29 is 4.74 Å². The predicted octanol–water partition coefficient (Wildman–Crippen LogP) is 3.43. The highest BCUT2D eigenvalue weighted by molar-refractivity contribution is 5.74. The molecule has 0 amide bonds. The zero-order chi connectivity index (χ0) is 23.7. The monoisotopic (exact) mass is 453 g/mol. The molecular formula is C24H23N9O. The van der Waals surface area contributed by atoms with Gasteiger partial charge in [0.05, 0.1) is 23.6 Å². The van der Waals surface area contributed by atoms with Crippen LogP contribution in [0.2, 0.25) is 0 Å². The van der Waals surface area contributed by atoms with Crippen LogP contribution in [0.25, 0.3) is 16.8 Å². The Labute approximate surface area is 196 Å². The molecule has 0 saturated carbocycles. The average Bonchev–Trinajstić information content (AvgIpc) is 3.48. The number of hydrogen-bond acceptors (Lipinski definition) is 8. The molecule has 1 aliphatic rings. The van der Waals surface area contributed by atoms with E-state index in [4.69, 9.17) is 10.00 Å². The second kappa shape index (κ2) is 8.83. The van der Waals surface area contributed by atoms with Gasteiger partial charge in [-0.15, -0.1) is 5.10 Å². The van der Waals surface area contributed by atoms with E-state index in [2.05, 4.69) is 32.7 Å². The molecule has 1 unspecified atom stereocenters. The molecule has 10 heteroatoms. The first-order valence-corrected chi connectivity index (χ1v) is 11.1. The molecule has 170 valence electrons. The quantitative estimate of drug-likeness (QED) is 0.421. The van der Waals surface area contributed by atoms with E-state index in [1.54, 1.807) is 15.6 Å². The van der Waals surface area contributed by atoms with Gasteiger partial charge in [-0.2, -0.15) is 15.6 Å². The summed E-state index contributed by atoms with van der Waals surface area (Å²) in [6.07, 6.45) is 8.67. The summed E-state index contributed by atoms with van der Waals surface area (Å²) < 4.78 is 9.90. The highest BCUT2D eigenvalue weighted by Crippen LogP contribution is 2.34. The molecule has 0 aromatic carbocycles. The lowest BCUT2D eigenvalue weighted by atomic mass is 10.0. The minimum Gasteiger partial charge on any atom is -0.482 e. The van der Waals surface area contributed by atoms with Gasteiger partial charge in [-0.3, -0.25) is 4.98 Å². The molecule has 0 bridgehead atoms. The fourth-order valence-corrected chi connectivity index (χ4v) is 4.42. The lowest BCUT2D eigenvalue weighted by Crippen LogP contribution is -2.31. The smallest absolute Gasteiger partial charge is 0.179 e. The molecule has 1 aliphatic heterocycles. The van der Waals surface area contributed by atoms with E-state index in [-0.39, 0.29) is 12.1 Å². The molecule has 0 N–H and O–H groups in total. The lowest BCUT2D eigenvalue weighted by Gasteiger charge is -2.28. The Kier molecular flexibility index (Phi) is 5.56. The molecule has 1 saturated heterocycles. The lowest BCUT2D eigenvalue weighted by molar-refractivity contribution is 0.224. The van der Waals surface area contributed by atoms with Crippen LogP contribution in [0.15, 0.2) is 42.9 Å². The van der Waals surface area contributed by atoms with Gasteiger partial charge in [-0.1, -0.05) is 11.3 Å². The largest absolute Gasteiger partial charge is 0.482 e. The second-order valence-electron chi connectivity index (χ2n) is 8.36. The van der Waals surface area contributed by atoms with Gasteiger partial charge in [-0.05, 0) is 44.9 Å². The minimum atomic E-state index is -0.330. The fraction of sp³-hybridized carbons (Fsp3) is 0.333. The fourth-order valence-electron chi connectivity index (χ4n) is 4.42. The molecular weight excluding hydrogens is 430 g/mol. The molecule has 5 rings (SSSR count). The van der Waals surface area contributed by atoms with Gasteiger partial charge in [-0.25, -0.2) is 9.20 Å².